The Kier molecular flexibility index (Phi) is 4.62. The van der Waals surface area contributed by atoms with E-state index in [1.54, 1.807) is 7.05 Å². The molecule has 114 valence electrons. The van der Waals surface area contributed by atoms with Crippen LogP contribution in [0.25, 0.3) is 0 Å². The van der Waals surface area contributed by atoms with Gasteiger partial charge in [-0.3, -0.25) is 4.99 Å². The van der Waals surface area contributed by atoms with Crippen molar-refractivity contribution in [3.63, 3.8) is 0 Å². The molecule has 1 aliphatic rings. The third-order valence-electron chi connectivity index (χ3n) is 3.83. The van der Waals surface area contributed by atoms with Crippen molar-refractivity contribution in [1.29, 1.82) is 0 Å². The highest BCUT2D eigenvalue weighted by molar-refractivity contribution is 6.18. The lowest BCUT2D eigenvalue weighted by Gasteiger charge is -2.05. The molecule has 1 aliphatic carbocycles. The molecule has 0 fully saturated rings. The molecule has 0 saturated carbocycles. The lowest BCUT2D eigenvalue weighted by Crippen LogP contribution is -1.99. The Balaban J connectivity index is 1.70. The number of hydrogen-bond acceptors (Lipinski definition) is 2. The number of allylic oxidation sites excluding steroid dienone is 4. The number of hydrogen-bond donors (Lipinski definition) is 0. The summed E-state index contributed by atoms with van der Waals surface area (Å²) in [7, 11) is 1.79. The van der Waals surface area contributed by atoms with Crippen LogP contribution in [0, 0.1) is 6.92 Å². The quantitative estimate of drug-likeness (QED) is 0.724. The van der Waals surface area contributed by atoms with Crippen LogP contribution in [-0.4, -0.2) is 18.5 Å². The molecule has 2 nitrogen and oxygen atoms in total. The van der Waals surface area contributed by atoms with Crippen molar-refractivity contribution in [3.8, 4) is 0 Å². The molecule has 0 radical (unpaired) electrons. The van der Waals surface area contributed by atoms with E-state index in [0.29, 0.717) is 0 Å². The molecule has 23 heavy (non-hydrogen) atoms. The van der Waals surface area contributed by atoms with Crippen LogP contribution in [-0.2, 0) is 6.42 Å². The van der Waals surface area contributed by atoms with E-state index in [2.05, 4.69) is 65.4 Å². The first kappa shape index (κ1) is 15.2. The first-order valence-electron chi connectivity index (χ1n) is 7.79. The zero-order valence-electron chi connectivity index (χ0n) is 13.5. The van der Waals surface area contributed by atoms with E-state index in [-0.39, 0.29) is 0 Å². The number of aliphatic imine (C=N–C) groups is 2. The summed E-state index contributed by atoms with van der Waals surface area (Å²) in [6.45, 7) is 2.11. The van der Waals surface area contributed by atoms with Gasteiger partial charge in [0.1, 0.15) is 0 Å². The van der Waals surface area contributed by atoms with E-state index in [1.165, 1.54) is 16.7 Å². The van der Waals surface area contributed by atoms with Gasteiger partial charge in [-0.05, 0) is 60.9 Å². The Labute approximate surface area is 137 Å². The van der Waals surface area contributed by atoms with Crippen LogP contribution in [0.1, 0.15) is 16.7 Å². The molecule has 0 aromatic heterocycles. The molecular formula is C21H20N2. The highest BCUT2D eigenvalue weighted by Crippen LogP contribution is 2.17. The summed E-state index contributed by atoms with van der Waals surface area (Å²) in [6, 6.07) is 17.1. The summed E-state index contributed by atoms with van der Waals surface area (Å²) in [5.41, 5.74) is 6.82. The topological polar surface area (TPSA) is 24.7 Å². The average molecular weight is 300 g/mol. The number of aryl methyl sites for hydroxylation is 1. The maximum Gasteiger partial charge on any atom is 0.0638 e. The molecule has 0 unspecified atom stereocenters. The van der Waals surface area contributed by atoms with Gasteiger partial charge in [-0.1, -0.05) is 42.0 Å². The average Bonchev–Trinajstić information content (AvgIpc) is 2.59. The summed E-state index contributed by atoms with van der Waals surface area (Å²) < 4.78 is 0. The van der Waals surface area contributed by atoms with Crippen LogP contribution < -0.4 is 0 Å². The van der Waals surface area contributed by atoms with Crippen LogP contribution in [0.3, 0.4) is 0 Å². The zero-order chi connectivity index (χ0) is 16.1. The lowest BCUT2D eigenvalue weighted by atomic mass is 10.0. The summed E-state index contributed by atoms with van der Waals surface area (Å²) in [6.07, 6.45) is 8.88. The zero-order valence-corrected chi connectivity index (χ0v) is 13.5. The van der Waals surface area contributed by atoms with Crippen LogP contribution in [0.15, 0.2) is 82.8 Å². The number of benzene rings is 2. The monoisotopic (exact) mass is 300 g/mol. The second-order valence-corrected chi connectivity index (χ2v) is 5.68. The van der Waals surface area contributed by atoms with Crippen molar-refractivity contribution in [2.75, 3.05) is 7.05 Å². The molecule has 0 N–H and O–H groups in total. The van der Waals surface area contributed by atoms with Crippen molar-refractivity contribution < 1.29 is 0 Å². The lowest BCUT2D eigenvalue weighted by molar-refractivity contribution is 1.18. The summed E-state index contributed by atoms with van der Waals surface area (Å²) >= 11 is 0. The first-order chi connectivity index (χ1) is 11.2. The fraction of sp³-hybridized carbons (Fsp3) is 0.143. The van der Waals surface area contributed by atoms with Gasteiger partial charge in [-0.2, -0.15) is 0 Å². The predicted molar refractivity (Wildman–Crippen MR) is 99.2 cm³/mol. The molecule has 0 amide bonds. The van der Waals surface area contributed by atoms with Crippen LogP contribution >= 0.6 is 0 Å². The van der Waals surface area contributed by atoms with E-state index in [9.17, 15) is 0 Å². The molecule has 0 bridgehead atoms. The highest BCUT2D eigenvalue weighted by atomic mass is 14.7. The minimum absolute atomic E-state index is 0.948. The van der Waals surface area contributed by atoms with E-state index in [0.717, 1.165) is 23.5 Å². The molecular weight excluding hydrogens is 280 g/mol. The predicted octanol–water partition coefficient (Wildman–Crippen LogP) is 4.86. The van der Waals surface area contributed by atoms with Crippen LogP contribution in [0.4, 0.5) is 5.69 Å². The second kappa shape index (κ2) is 7.01. The Hall–Kier alpha value is -2.74. The molecule has 2 aromatic rings. The summed E-state index contributed by atoms with van der Waals surface area (Å²) in [5.74, 6) is 0. The highest BCUT2D eigenvalue weighted by Gasteiger charge is 2.00. The fourth-order valence-corrected chi connectivity index (χ4v) is 2.46. The number of rotatable bonds is 3. The Morgan fingerprint density at radius 3 is 1.78 bits per heavy atom. The molecule has 0 saturated heterocycles. The molecule has 0 spiro atoms. The van der Waals surface area contributed by atoms with Gasteiger partial charge in [-0.15, -0.1) is 0 Å². The molecule has 2 aromatic carbocycles. The van der Waals surface area contributed by atoms with Gasteiger partial charge in [-0.25, -0.2) is 4.99 Å². The third kappa shape index (κ3) is 4.13. The fourth-order valence-electron chi connectivity index (χ4n) is 2.46. The van der Waals surface area contributed by atoms with Gasteiger partial charge in [0, 0.05) is 7.05 Å². The molecule has 3 rings (SSSR count). The minimum Gasteiger partial charge on any atom is -0.289 e. The Morgan fingerprint density at radius 2 is 1.22 bits per heavy atom. The number of nitrogens with zero attached hydrogens (tertiary/aromatic N) is 2. The van der Waals surface area contributed by atoms with E-state index in [1.807, 2.05) is 24.3 Å². The van der Waals surface area contributed by atoms with E-state index >= 15 is 0 Å². The maximum absolute atomic E-state index is 4.63. The van der Waals surface area contributed by atoms with Crippen molar-refractivity contribution in [2.24, 2.45) is 9.98 Å². The summed E-state index contributed by atoms with van der Waals surface area (Å²) in [5, 5.41) is 0. The van der Waals surface area contributed by atoms with Crippen molar-refractivity contribution in [2.45, 2.75) is 13.3 Å². The van der Waals surface area contributed by atoms with E-state index in [4.69, 9.17) is 0 Å². The van der Waals surface area contributed by atoms with Gasteiger partial charge in [0.25, 0.3) is 0 Å². The minimum atomic E-state index is 0.948. The van der Waals surface area contributed by atoms with Crippen molar-refractivity contribution in [3.05, 3.63) is 89.5 Å². The van der Waals surface area contributed by atoms with Crippen molar-refractivity contribution in [1.82, 2.24) is 0 Å². The first-order valence-corrected chi connectivity index (χ1v) is 7.79. The Bertz CT molecular complexity index is 771. The smallest absolute Gasteiger partial charge is 0.0638 e. The Morgan fingerprint density at radius 1 is 0.696 bits per heavy atom. The second-order valence-electron chi connectivity index (χ2n) is 5.68. The van der Waals surface area contributed by atoms with Crippen LogP contribution in [0.5, 0.6) is 0 Å². The van der Waals surface area contributed by atoms with Crippen LogP contribution in [0.2, 0.25) is 0 Å². The van der Waals surface area contributed by atoms with Gasteiger partial charge in [0.15, 0.2) is 0 Å². The molecule has 0 aliphatic heterocycles. The maximum atomic E-state index is 4.63. The van der Waals surface area contributed by atoms with Gasteiger partial charge < -0.3 is 0 Å². The third-order valence-corrected chi connectivity index (χ3v) is 3.83. The SMILES string of the molecule is CN=C1C=CC(=Nc2ccc(Cc3ccc(C)cc3)cc2)C=C1. The van der Waals surface area contributed by atoms with Gasteiger partial charge >= 0.3 is 0 Å². The molecule has 2 heteroatoms. The van der Waals surface area contributed by atoms with Gasteiger partial charge in [0.05, 0.1) is 17.1 Å². The largest absolute Gasteiger partial charge is 0.289 e. The molecule has 0 heterocycles. The van der Waals surface area contributed by atoms with Crippen molar-refractivity contribution >= 4 is 17.1 Å². The standard InChI is InChI=1S/C21H20N2/c1-16-3-5-17(6-4-16)15-18-7-9-20(10-8-18)23-21-13-11-19(22-2)12-14-21/h3-14H,15H2,1-2H3. The summed E-state index contributed by atoms with van der Waals surface area (Å²) in [4.78, 5) is 8.77. The molecule has 0 atom stereocenters. The van der Waals surface area contributed by atoms with Gasteiger partial charge in [0.2, 0.25) is 0 Å². The van der Waals surface area contributed by atoms with E-state index < -0.39 is 0 Å². The normalized spacial score (nSPS) is 13.3.